The molecule has 1 aromatic carbocycles. The van der Waals surface area contributed by atoms with E-state index in [4.69, 9.17) is 0 Å². The zero-order chi connectivity index (χ0) is 15.5. The molecule has 1 heterocycles. The van der Waals surface area contributed by atoms with Crippen molar-refractivity contribution in [2.45, 2.75) is 18.6 Å². The molecule has 2 aromatic rings. The van der Waals surface area contributed by atoms with Crippen molar-refractivity contribution in [1.82, 2.24) is 10.3 Å². The topological polar surface area (TPSA) is 24.9 Å². The fourth-order valence-electron chi connectivity index (χ4n) is 2.11. The molecule has 0 radical (unpaired) electrons. The number of likely N-dealkylation sites (N-methyl/N-ethyl adjacent to an activating group) is 1. The molecule has 112 valence electrons. The highest BCUT2D eigenvalue weighted by atomic mass is 79.9. The summed E-state index contributed by atoms with van der Waals surface area (Å²) in [5.74, 6) is 0. The summed E-state index contributed by atoms with van der Waals surface area (Å²) in [5.41, 5.74) is 0.893. The normalized spacial score (nSPS) is 13.2. The van der Waals surface area contributed by atoms with Gasteiger partial charge in [-0.15, -0.1) is 0 Å². The van der Waals surface area contributed by atoms with E-state index in [2.05, 4.69) is 26.2 Å². The summed E-state index contributed by atoms with van der Waals surface area (Å²) in [6.07, 6.45) is -0.407. The number of nitrogens with one attached hydrogen (secondary N) is 1. The zero-order valence-corrected chi connectivity index (χ0v) is 12.9. The second-order valence-corrected chi connectivity index (χ2v) is 5.50. The van der Waals surface area contributed by atoms with Crippen molar-refractivity contribution >= 4 is 15.9 Å². The van der Waals surface area contributed by atoms with Crippen molar-refractivity contribution in [3.8, 4) is 0 Å². The van der Waals surface area contributed by atoms with Crippen molar-refractivity contribution < 1.29 is 13.2 Å². The number of alkyl halides is 3. The quantitative estimate of drug-likeness (QED) is 0.877. The van der Waals surface area contributed by atoms with E-state index in [1.807, 2.05) is 12.1 Å². The van der Waals surface area contributed by atoms with Gasteiger partial charge in [0.25, 0.3) is 0 Å². The molecule has 6 heteroatoms. The second kappa shape index (κ2) is 6.58. The van der Waals surface area contributed by atoms with Gasteiger partial charge < -0.3 is 5.32 Å². The Morgan fingerprint density at radius 1 is 1.29 bits per heavy atom. The first kappa shape index (κ1) is 16.0. The Kier molecular flexibility index (Phi) is 5.00. The molecular weight excluding hydrogens is 345 g/mol. The third kappa shape index (κ3) is 4.04. The van der Waals surface area contributed by atoms with Crippen molar-refractivity contribution in [2.24, 2.45) is 0 Å². The Hall–Kier alpha value is -1.40. The minimum absolute atomic E-state index is 0.231. The molecule has 0 amide bonds. The predicted octanol–water partition coefficient (Wildman–Crippen LogP) is 4.37. The summed E-state index contributed by atoms with van der Waals surface area (Å²) in [7, 11) is 1.73. The van der Waals surface area contributed by atoms with Crippen molar-refractivity contribution in [3.05, 3.63) is 63.9 Å². The number of hydrogen-bond donors (Lipinski definition) is 1. The number of halogens is 4. The van der Waals surface area contributed by atoms with Crippen molar-refractivity contribution in [2.75, 3.05) is 7.05 Å². The fraction of sp³-hybridized carbons (Fsp3) is 0.267. The molecule has 1 unspecified atom stereocenters. The largest absolute Gasteiger partial charge is 0.416 e. The molecule has 0 saturated heterocycles. The van der Waals surface area contributed by atoms with Crippen LogP contribution in [0.15, 0.2) is 47.2 Å². The average molecular weight is 359 g/mol. The van der Waals surface area contributed by atoms with Crippen molar-refractivity contribution in [3.63, 3.8) is 0 Å². The Morgan fingerprint density at radius 2 is 2.05 bits per heavy atom. The van der Waals surface area contributed by atoms with Crippen LogP contribution in [0.25, 0.3) is 0 Å². The first-order chi connectivity index (χ1) is 9.91. The molecule has 1 N–H and O–H groups in total. The lowest BCUT2D eigenvalue weighted by Crippen LogP contribution is -2.20. The molecule has 21 heavy (non-hydrogen) atoms. The lowest BCUT2D eigenvalue weighted by molar-refractivity contribution is -0.137. The highest BCUT2D eigenvalue weighted by Crippen LogP contribution is 2.34. The Bertz CT molecular complexity index is 600. The summed E-state index contributed by atoms with van der Waals surface area (Å²) >= 11 is 3.33. The summed E-state index contributed by atoms with van der Waals surface area (Å²) in [5, 5.41) is 3.06. The van der Waals surface area contributed by atoms with Crippen LogP contribution in [0.2, 0.25) is 0 Å². The van der Waals surface area contributed by atoms with Gasteiger partial charge in [0.05, 0.1) is 5.56 Å². The number of rotatable bonds is 4. The van der Waals surface area contributed by atoms with E-state index in [-0.39, 0.29) is 6.04 Å². The maximum absolute atomic E-state index is 12.8. The van der Waals surface area contributed by atoms with Crippen LogP contribution in [0.3, 0.4) is 0 Å². The molecule has 2 nitrogen and oxygen atoms in total. The lowest BCUT2D eigenvalue weighted by Gasteiger charge is -2.20. The lowest BCUT2D eigenvalue weighted by atomic mass is 9.98. The highest BCUT2D eigenvalue weighted by Gasteiger charge is 2.31. The maximum atomic E-state index is 12.8. The Morgan fingerprint density at radius 3 is 2.62 bits per heavy atom. The second-order valence-electron chi connectivity index (χ2n) is 4.64. The van der Waals surface area contributed by atoms with E-state index in [1.165, 1.54) is 12.1 Å². The number of hydrogen-bond acceptors (Lipinski definition) is 2. The van der Waals surface area contributed by atoms with Gasteiger partial charge in [-0.25, -0.2) is 0 Å². The third-order valence-corrected chi connectivity index (χ3v) is 3.93. The van der Waals surface area contributed by atoms with E-state index in [1.54, 1.807) is 19.4 Å². The van der Waals surface area contributed by atoms with E-state index < -0.39 is 11.7 Å². The summed E-state index contributed by atoms with van der Waals surface area (Å²) in [6, 6.07) is 7.17. The van der Waals surface area contributed by atoms with Gasteiger partial charge >= 0.3 is 6.18 Å². The van der Waals surface area contributed by atoms with E-state index in [0.29, 0.717) is 16.5 Å². The predicted molar refractivity (Wildman–Crippen MR) is 78.9 cm³/mol. The first-order valence-corrected chi connectivity index (χ1v) is 7.14. The van der Waals surface area contributed by atoms with E-state index in [9.17, 15) is 13.2 Å². The molecule has 1 aromatic heterocycles. The molecule has 0 aliphatic heterocycles. The van der Waals surface area contributed by atoms with Gasteiger partial charge in [-0.3, -0.25) is 4.98 Å². The molecule has 0 spiro atoms. The van der Waals surface area contributed by atoms with Crippen LogP contribution in [0.4, 0.5) is 13.2 Å². The highest BCUT2D eigenvalue weighted by molar-refractivity contribution is 9.10. The van der Waals surface area contributed by atoms with Gasteiger partial charge in [0.2, 0.25) is 0 Å². The van der Waals surface area contributed by atoms with Gasteiger partial charge in [-0.2, -0.15) is 13.2 Å². The summed E-state index contributed by atoms with van der Waals surface area (Å²) in [4.78, 5) is 4.03. The molecule has 0 fully saturated rings. The minimum Gasteiger partial charge on any atom is -0.313 e. The number of aromatic nitrogens is 1. The molecular formula is C15H14BrF3N2. The van der Waals surface area contributed by atoms with Crippen LogP contribution in [-0.2, 0) is 12.6 Å². The summed E-state index contributed by atoms with van der Waals surface area (Å²) in [6.45, 7) is 0. The molecule has 2 rings (SSSR count). The zero-order valence-electron chi connectivity index (χ0n) is 11.3. The monoisotopic (exact) mass is 358 g/mol. The fourth-order valence-corrected chi connectivity index (χ4v) is 2.63. The SMILES string of the molecule is CNC(Cc1cccnc1)c1cc(C(F)(F)F)ccc1Br. The molecule has 0 aliphatic rings. The minimum atomic E-state index is -4.35. The van der Waals surface area contributed by atoms with Crippen LogP contribution >= 0.6 is 15.9 Å². The molecule has 1 atom stereocenters. The van der Waals surface area contributed by atoms with Gasteiger partial charge in [0.15, 0.2) is 0 Å². The van der Waals surface area contributed by atoms with Crippen molar-refractivity contribution in [1.29, 1.82) is 0 Å². The molecule has 0 saturated carbocycles. The Labute approximate surface area is 129 Å². The maximum Gasteiger partial charge on any atom is 0.416 e. The van der Waals surface area contributed by atoms with Gasteiger partial charge in [-0.05, 0) is 48.9 Å². The van der Waals surface area contributed by atoms with Gasteiger partial charge in [-0.1, -0.05) is 22.0 Å². The number of benzene rings is 1. The van der Waals surface area contributed by atoms with Gasteiger partial charge in [0.1, 0.15) is 0 Å². The van der Waals surface area contributed by atoms with Crippen LogP contribution in [0.5, 0.6) is 0 Å². The van der Waals surface area contributed by atoms with Gasteiger partial charge in [0, 0.05) is 22.9 Å². The van der Waals surface area contributed by atoms with Crippen LogP contribution in [-0.4, -0.2) is 12.0 Å². The van der Waals surface area contributed by atoms with Crippen LogP contribution in [0, 0.1) is 0 Å². The summed E-state index contributed by atoms with van der Waals surface area (Å²) < 4.78 is 39.2. The number of nitrogens with zero attached hydrogens (tertiary/aromatic N) is 1. The molecule has 0 bridgehead atoms. The van der Waals surface area contributed by atoms with E-state index in [0.717, 1.165) is 11.6 Å². The average Bonchev–Trinajstić information content (AvgIpc) is 2.45. The molecule has 0 aliphatic carbocycles. The standard InChI is InChI=1S/C15H14BrF3N2/c1-20-14(7-10-3-2-6-21-9-10)12-8-11(15(17,18)19)4-5-13(12)16/h2-6,8-9,14,20H,7H2,1H3. The Balaban J connectivity index is 2.33. The van der Waals surface area contributed by atoms with Crippen LogP contribution in [0.1, 0.15) is 22.7 Å². The number of pyridine rings is 1. The smallest absolute Gasteiger partial charge is 0.313 e. The first-order valence-electron chi connectivity index (χ1n) is 6.34. The van der Waals surface area contributed by atoms with Crippen LogP contribution < -0.4 is 5.32 Å². The van der Waals surface area contributed by atoms with E-state index >= 15 is 0 Å². The third-order valence-electron chi connectivity index (χ3n) is 3.21.